The van der Waals surface area contributed by atoms with Gasteiger partial charge in [0.2, 0.25) is 0 Å². The minimum atomic E-state index is -0.219. The number of hydrogen-bond donors (Lipinski definition) is 0. The highest BCUT2D eigenvalue weighted by Gasteiger charge is 2.43. The molecule has 0 N–H and O–H groups in total. The van der Waals surface area contributed by atoms with Crippen LogP contribution < -0.4 is 9.80 Å². The molecule has 3 aromatic rings. The molecule has 0 atom stereocenters. The molecule has 0 bridgehead atoms. The minimum Gasteiger partial charge on any atom is -0.310 e. The standard InChI is InChI=1S/C29H27N3O2S/c1-16-10-7-11-17(2)23(16)30-29-32(24-18(3)12-8-13-19(24)4)28(34)26(35-29)22-21-15-9-14-20(5)25(21)31(6)27(22)33/h7-15H,1-6H3. The van der Waals surface area contributed by atoms with Crippen molar-refractivity contribution in [2.75, 3.05) is 16.8 Å². The van der Waals surface area contributed by atoms with Crippen molar-refractivity contribution in [1.29, 1.82) is 0 Å². The van der Waals surface area contributed by atoms with E-state index < -0.39 is 0 Å². The van der Waals surface area contributed by atoms with E-state index in [9.17, 15) is 9.59 Å². The molecular formula is C29H27N3O2S. The van der Waals surface area contributed by atoms with Gasteiger partial charge in [0.1, 0.15) is 0 Å². The van der Waals surface area contributed by atoms with Crippen molar-refractivity contribution >= 4 is 51.4 Å². The van der Waals surface area contributed by atoms with Crippen LogP contribution in [0.15, 0.2) is 64.5 Å². The molecule has 2 heterocycles. The van der Waals surface area contributed by atoms with Crippen molar-refractivity contribution < 1.29 is 9.59 Å². The first-order chi connectivity index (χ1) is 16.7. The Labute approximate surface area is 210 Å². The van der Waals surface area contributed by atoms with Gasteiger partial charge in [0, 0.05) is 12.6 Å². The van der Waals surface area contributed by atoms with Crippen LogP contribution in [0.1, 0.15) is 33.4 Å². The summed E-state index contributed by atoms with van der Waals surface area (Å²) in [6.07, 6.45) is 0. The molecule has 35 heavy (non-hydrogen) atoms. The van der Waals surface area contributed by atoms with Crippen molar-refractivity contribution in [3.8, 4) is 0 Å². The Bertz CT molecular complexity index is 1440. The third kappa shape index (κ3) is 3.60. The molecule has 2 amide bonds. The van der Waals surface area contributed by atoms with Gasteiger partial charge in [-0.05, 0) is 74.2 Å². The maximum absolute atomic E-state index is 14.1. The number of carbonyl (C=O) groups is 2. The number of likely N-dealkylation sites (N-methyl/N-ethyl adjacent to an activating group) is 1. The molecule has 0 radical (unpaired) electrons. The zero-order chi connectivity index (χ0) is 25.0. The summed E-state index contributed by atoms with van der Waals surface area (Å²) in [6.45, 7) is 10.0. The molecule has 0 saturated carbocycles. The first-order valence-electron chi connectivity index (χ1n) is 11.6. The van der Waals surface area contributed by atoms with Gasteiger partial charge in [-0.2, -0.15) is 0 Å². The van der Waals surface area contributed by atoms with E-state index in [2.05, 4.69) is 0 Å². The molecule has 0 aromatic heterocycles. The van der Waals surface area contributed by atoms with Crippen LogP contribution in [0.4, 0.5) is 17.1 Å². The van der Waals surface area contributed by atoms with Gasteiger partial charge in [-0.25, -0.2) is 4.99 Å². The third-order valence-electron chi connectivity index (χ3n) is 6.68. The van der Waals surface area contributed by atoms with Crippen LogP contribution in [-0.2, 0) is 9.59 Å². The lowest BCUT2D eigenvalue weighted by atomic mass is 10.0. The monoisotopic (exact) mass is 481 g/mol. The van der Waals surface area contributed by atoms with Crippen molar-refractivity contribution in [3.05, 3.63) is 92.9 Å². The summed E-state index contributed by atoms with van der Waals surface area (Å²) in [6, 6.07) is 17.9. The molecule has 2 aliphatic heterocycles. The van der Waals surface area contributed by atoms with Gasteiger partial charge >= 0.3 is 0 Å². The van der Waals surface area contributed by atoms with E-state index in [1.54, 1.807) is 16.8 Å². The summed E-state index contributed by atoms with van der Waals surface area (Å²) >= 11 is 1.28. The smallest absolute Gasteiger partial charge is 0.272 e. The highest BCUT2D eigenvalue weighted by molar-refractivity contribution is 8.19. The van der Waals surface area contributed by atoms with Crippen molar-refractivity contribution in [1.82, 2.24) is 0 Å². The second kappa shape index (κ2) is 8.54. The van der Waals surface area contributed by atoms with Gasteiger partial charge in [0.05, 0.1) is 27.5 Å². The lowest BCUT2D eigenvalue weighted by Gasteiger charge is -2.21. The van der Waals surface area contributed by atoms with E-state index in [4.69, 9.17) is 4.99 Å². The number of rotatable bonds is 2. The molecular weight excluding hydrogens is 454 g/mol. The van der Waals surface area contributed by atoms with E-state index in [1.165, 1.54) is 11.8 Å². The van der Waals surface area contributed by atoms with Gasteiger partial charge in [0.15, 0.2) is 5.17 Å². The number of para-hydroxylation sites is 3. The normalized spacial score (nSPS) is 18.7. The highest BCUT2D eigenvalue weighted by atomic mass is 32.2. The number of amides is 2. The van der Waals surface area contributed by atoms with Gasteiger partial charge < -0.3 is 4.90 Å². The first kappa shape index (κ1) is 23.1. The number of benzene rings is 3. The highest BCUT2D eigenvalue weighted by Crippen LogP contribution is 2.47. The Hall–Kier alpha value is -3.64. The number of carbonyl (C=O) groups excluding carboxylic acids is 2. The van der Waals surface area contributed by atoms with Gasteiger partial charge in [0.25, 0.3) is 11.8 Å². The summed E-state index contributed by atoms with van der Waals surface area (Å²) < 4.78 is 0. The summed E-state index contributed by atoms with van der Waals surface area (Å²) in [5.41, 5.74) is 8.78. The fourth-order valence-corrected chi connectivity index (χ4v) is 6.01. The number of nitrogens with zero attached hydrogens (tertiary/aromatic N) is 3. The quantitative estimate of drug-likeness (QED) is 0.399. The molecule has 6 heteroatoms. The Kier molecular flexibility index (Phi) is 5.64. The van der Waals surface area contributed by atoms with Crippen LogP contribution in [-0.4, -0.2) is 24.0 Å². The molecule has 0 aliphatic carbocycles. The molecule has 0 spiro atoms. The predicted octanol–water partition coefficient (Wildman–Crippen LogP) is 6.38. The first-order valence-corrected chi connectivity index (χ1v) is 12.4. The fourth-order valence-electron chi connectivity index (χ4n) is 4.94. The van der Waals surface area contributed by atoms with E-state index in [-0.39, 0.29) is 11.8 Å². The van der Waals surface area contributed by atoms with Crippen LogP contribution in [0.3, 0.4) is 0 Å². The lowest BCUT2D eigenvalue weighted by molar-refractivity contribution is -0.115. The molecule has 3 aromatic carbocycles. The number of hydrogen-bond acceptors (Lipinski definition) is 4. The van der Waals surface area contributed by atoms with Gasteiger partial charge in [-0.1, -0.05) is 54.6 Å². The van der Waals surface area contributed by atoms with Crippen LogP contribution in [0.5, 0.6) is 0 Å². The Morgan fingerprint density at radius 2 is 1.20 bits per heavy atom. The Balaban J connectivity index is 1.78. The van der Waals surface area contributed by atoms with E-state index in [1.807, 2.05) is 89.2 Å². The third-order valence-corrected chi connectivity index (χ3v) is 7.72. The number of aryl methyl sites for hydroxylation is 5. The van der Waals surface area contributed by atoms with Crippen molar-refractivity contribution in [2.24, 2.45) is 4.99 Å². The largest absolute Gasteiger partial charge is 0.310 e. The molecule has 1 fully saturated rings. The number of amidine groups is 1. The molecule has 1 saturated heterocycles. The average Bonchev–Trinajstić information content (AvgIpc) is 3.25. The number of thioether (sulfide) groups is 1. The maximum Gasteiger partial charge on any atom is 0.272 e. The number of anilines is 2. The van der Waals surface area contributed by atoms with Crippen LogP contribution in [0.2, 0.25) is 0 Å². The fraction of sp³-hybridized carbons (Fsp3) is 0.207. The Morgan fingerprint density at radius 1 is 0.686 bits per heavy atom. The SMILES string of the molecule is Cc1cccc(C)c1N=C1SC(=C2C(=O)N(C)c3c(C)cccc32)C(=O)N1c1c(C)cccc1C. The number of aliphatic imine (C=N–C) groups is 1. The van der Waals surface area contributed by atoms with Crippen molar-refractivity contribution in [2.45, 2.75) is 34.6 Å². The number of fused-ring (bicyclic) bond motifs is 1. The van der Waals surface area contributed by atoms with Gasteiger partial charge in [-0.3, -0.25) is 14.5 Å². The van der Waals surface area contributed by atoms with E-state index in [0.717, 1.165) is 50.4 Å². The molecule has 5 nitrogen and oxygen atoms in total. The van der Waals surface area contributed by atoms with Crippen LogP contribution in [0.25, 0.3) is 5.57 Å². The van der Waals surface area contributed by atoms with Crippen LogP contribution in [0, 0.1) is 34.6 Å². The minimum absolute atomic E-state index is 0.167. The summed E-state index contributed by atoms with van der Waals surface area (Å²) in [4.78, 5) is 36.3. The second-order valence-corrected chi connectivity index (χ2v) is 10.1. The molecule has 5 rings (SSSR count). The van der Waals surface area contributed by atoms with Crippen LogP contribution >= 0.6 is 11.8 Å². The predicted molar refractivity (Wildman–Crippen MR) is 146 cm³/mol. The topological polar surface area (TPSA) is 53.0 Å². The second-order valence-electron chi connectivity index (χ2n) is 9.16. The average molecular weight is 482 g/mol. The summed E-state index contributed by atoms with van der Waals surface area (Å²) in [5, 5.41) is 0.559. The maximum atomic E-state index is 14.1. The lowest BCUT2D eigenvalue weighted by Crippen LogP contribution is -2.31. The van der Waals surface area contributed by atoms with Gasteiger partial charge in [-0.15, -0.1) is 0 Å². The summed E-state index contributed by atoms with van der Waals surface area (Å²) in [7, 11) is 1.76. The zero-order valence-electron chi connectivity index (χ0n) is 20.8. The van der Waals surface area contributed by atoms with E-state index >= 15 is 0 Å². The van der Waals surface area contributed by atoms with E-state index in [0.29, 0.717) is 15.6 Å². The Morgan fingerprint density at radius 3 is 1.80 bits per heavy atom. The molecule has 0 unspecified atom stereocenters. The summed E-state index contributed by atoms with van der Waals surface area (Å²) in [5.74, 6) is -0.386. The molecule has 176 valence electrons. The zero-order valence-corrected chi connectivity index (χ0v) is 21.6. The van der Waals surface area contributed by atoms with Crippen molar-refractivity contribution in [3.63, 3.8) is 0 Å². The molecule has 2 aliphatic rings.